The molecule has 9 heteroatoms. The molecule has 0 bridgehead atoms. The number of ether oxygens (including phenoxy) is 1. The van der Waals surface area contributed by atoms with Crippen molar-refractivity contribution in [1.82, 2.24) is 0 Å². The minimum Gasteiger partial charge on any atom is -0.508 e. The number of carboxylic acids is 2. The Balaban J connectivity index is 0.000000675. The van der Waals surface area contributed by atoms with Crippen molar-refractivity contribution < 1.29 is 45.0 Å². The molecule has 0 aromatic heterocycles. The lowest BCUT2D eigenvalue weighted by molar-refractivity contribution is -0.138. The summed E-state index contributed by atoms with van der Waals surface area (Å²) in [6.07, 6.45) is 7.11. The van der Waals surface area contributed by atoms with Gasteiger partial charge in [-0.05, 0) is 97.6 Å². The van der Waals surface area contributed by atoms with Crippen LogP contribution >= 0.6 is 0 Å². The standard InChI is InChI=1S/2C15H22O3.C4H10O3/c2*1-11(2)9-13-10-12(7-8-14(13)16)5-3-4-6-15(17)18;5-1-3-7-4-2-6/h2*7-8,10-11,16H,3-6,9H2,1-2H3,(H,17,18);5-6H,1-4H2. The molecular weight excluding hydrogens is 552 g/mol. The Labute approximate surface area is 257 Å². The number of aromatic hydroxyl groups is 2. The number of rotatable bonds is 18. The predicted molar refractivity (Wildman–Crippen MR) is 169 cm³/mol. The third-order valence-corrected chi connectivity index (χ3v) is 6.23. The van der Waals surface area contributed by atoms with Gasteiger partial charge < -0.3 is 35.4 Å². The lowest BCUT2D eigenvalue weighted by Gasteiger charge is -2.09. The molecular formula is C34H54O9. The molecule has 0 fully saturated rings. The largest absolute Gasteiger partial charge is 0.508 e. The van der Waals surface area contributed by atoms with Crippen LogP contribution in [-0.2, 0) is 40.0 Å². The molecule has 0 aliphatic carbocycles. The van der Waals surface area contributed by atoms with E-state index in [9.17, 15) is 19.8 Å². The molecule has 0 aliphatic rings. The van der Waals surface area contributed by atoms with E-state index in [1.165, 1.54) is 11.1 Å². The fourth-order valence-electron chi connectivity index (χ4n) is 4.24. The van der Waals surface area contributed by atoms with Crippen LogP contribution in [-0.4, -0.2) is 69.0 Å². The number of hydrogen-bond donors (Lipinski definition) is 6. The third kappa shape index (κ3) is 22.1. The molecule has 0 atom stereocenters. The number of phenolic OH excluding ortho intramolecular Hbond substituents is 2. The van der Waals surface area contributed by atoms with Gasteiger partial charge >= 0.3 is 11.9 Å². The number of aliphatic hydroxyl groups is 2. The van der Waals surface area contributed by atoms with E-state index in [2.05, 4.69) is 32.4 Å². The summed E-state index contributed by atoms with van der Waals surface area (Å²) in [5, 5.41) is 52.8. The van der Waals surface area contributed by atoms with Gasteiger partial charge in [0.15, 0.2) is 0 Å². The van der Waals surface area contributed by atoms with Crippen LogP contribution in [0.15, 0.2) is 36.4 Å². The Morgan fingerprint density at radius 2 is 1.02 bits per heavy atom. The number of carboxylic acid groups (broad SMARTS) is 2. The summed E-state index contributed by atoms with van der Waals surface area (Å²) in [5.41, 5.74) is 4.32. The maximum absolute atomic E-state index is 10.4. The topological polar surface area (TPSA) is 165 Å². The molecule has 9 nitrogen and oxygen atoms in total. The summed E-state index contributed by atoms with van der Waals surface area (Å²) in [5.74, 6) is 0.273. The van der Waals surface area contributed by atoms with Crippen molar-refractivity contribution in [2.75, 3.05) is 26.4 Å². The molecule has 0 heterocycles. The van der Waals surface area contributed by atoms with E-state index in [1.807, 2.05) is 24.3 Å². The molecule has 43 heavy (non-hydrogen) atoms. The molecule has 0 saturated heterocycles. The SMILES string of the molecule is CC(C)Cc1cc(CCCCC(=O)O)ccc1O.CC(C)Cc1cc(CCCCC(=O)O)ccc1O.OCCOCCO. The van der Waals surface area contributed by atoms with Crippen LogP contribution in [0.4, 0.5) is 0 Å². The lowest BCUT2D eigenvalue weighted by atomic mass is 9.98. The van der Waals surface area contributed by atoms with E-state index in [1.54, 1.807) is 12.1 Å². The van der Waals surface area contributed by atoms with Gasteiger partial charge in [-0.2, -0.15) is 0 Å². The quantitative estimate of drug-likeness (QED) is 0.116. The Morgan fingerprint density at radius 3 is 1.33 bits per heavy atom. The van der Waals surface area contributed by atoms with Gasteiger partial charge in [-0.1, -0.05) is 52.0 Å². The van der Waals surface area contributed by atoms with Crippen LogP contribution in [0.3, 0.4) is 0 Å². The lowest BCUT2D eigenvalue weighted by Crippen LogP contribution is -2.03. The number of carbonyl (C=O) groups is 2. The van der Waals surface area contributed by atoms with Gasteiger partial charge in [0, 0.05) is 12.8 Å². The average molecular weight is 607 g/mol. The number of aliphatic hydroxyl groups excluding tert-OH is 2. The highest BCUT2D eigenvalue weighted by atomic mass is 16.5. The number of benzene rings is 2. The highest BCUT2D eigenvalue weighted by Gasteiger charge is 2.07. The molecule has 2 rings (SSSR count). The first kappa shape index (κ1) is 39.9. The Bertz CT molecular complexity index is 953. The van der Waals surface area contributed by atoms with Crippen LogP contribution in [0.2, 0.25) is 0 Å². The minimum absolute atomic E-state index is 0.0278. The van der Waals surface area contributed by atoms with E-state index in [0.29, 0.717) is 49.4 Å². The summed E-state index contributed by atoms with van der Waals surface area (Å²) in [6, 6.07) is 11.4. The first-order chi connectivity index (χ1) is 20.4. The van der Waals surface area contributed by atoms with E-state index in [0.717, 1.165) is 49.7 Å². The average Bonchev–Trinajstić information content (AvgIpc) is 2.93. The fourth-order valence-corrected chi connectivity index (χ4v) is 4.24. The van der Waals surface area contributed by atoms with E-state index in [4.69, 9.17) is 20.4 Å². The monoisotopic (exact) mass is 606 g/mol. The second-order valence-corrected chi connectivity index (χ2v) is 11.4. The zero-order valence-electron chi connectivity index (χ0n) is 26.4. The molecule has 0 unspecified atom stereocenters. The smallest absolute Gasteiger partial charge is 0.303 e. The van der Waals surface area contributed by atoms with Gasteiger partial charge in [-0.3, -0.25) is 9.59 Å². The van der Waals surface area contributed by atoms with Gasteiger partial charge in [0.2, 0.25) is 0 Å². The van der Waals surface area contributed by atoms with Gasteiger partial charge in [-0.15, -0.1) is 0 Å². The summed E-state index contributed by atoms with van der Waals surface area (Å²) in [6.45, 7) is 9.19. The van der Waals surface area contributed by atoms with Crippen molar-refractivity contribution in [2.45, 2.75) is 91.9 Å². The molecule has 2 aromatic carbocycles. The molecule has 2 aromatic rings. The molecule has 0 spiro atoms. The first-order valence-electron chi connectivity index (χ1n) is 15.2. The number of unbranched alkanes of at least 4 members (excludes halogenated alkanes) is 2. The predicted octanol–water partition coefficient (Wildman–Crippen LogP) is 5.76. The molecule has 244 valence electrons. The minimum atomic E-state index is -0.735. The van der Waals surface area contributed by atoms with Crippen molar-refractivity contribution in [3.8, 4) is 11.5 Å². The van der Waals surface area contributed by atoms with Gasteiger partial charge in [0.25, 0.3) is 0 Å². The maximum atomic E-state index is 10.4. The van der Waals surface area contributed by atoms with Crippen molar-refractivity contribution in [2.24, 2.45) is 11.8 Å². The maximum Gasteiger partial charge on any atom is 0.303 e. The Hall–Kier alpha value is -3.14. The van der Waals surface area contributed by atoms with Crippen LogP contribution in [0.5, 0.6) is 11.5 Å². The third-order valence-electron chi connectivity index (χ3n) is 6.23. The van der Waals surface area contributed by atoms with E-state index in [-0.39, 0.29) is 26.1 Å². The Morgan fingerprint density at radius 1 is 0.651 bits per heavy atom. The van der Waals surface area contributed by atoms with Crippen molar-refractivity contribution in [1.29, 1.82) is 0 Å². The second-order valence-electron chi connectivity index (χ2n) is 11.4. The number of phenols is 2. The summed E-state index contributed by atoms with van der Waals surface area (Å²) < 4.78 is 4.63. The number of aliphatic carboxylic acids is 2. The van der Waals surface area contributed by atoms with Crippen molar-refractivity contribution >= 4 is 11.9 Å². The van der Waals surface area contributed by atoms with E-state index < -0.39 is 11.9 Å². The molecule has 0 amide bonds. The van der Waals surface area contributed by atoms with Crippen LogP contribution in [0, 0.1) is 11.8 Å². The van der Waals surface area contributed by atoms with Crippen molar-refractivity contribution in [3.63, 3.8) is 0 Å². The molecule has 0 radical (unpaired) electrons. The van der Waals surface area contributed by atoms with Gasteiger partial charge in [0.1, 0.15) is 11.5 Å². The highest BCUT2D eigenvalue weighted by Crippen LogP contribution is 2.24. The first-order valence-corrected chi connectivity index (χ1v) is 15.2. The van der Waals surface area contributed by atoms with Crippen LogP contribution in [0.1, 0.15) is 88.5 Å². The molecule has 6 N–H and O–H groups in total. The summed E-state index contributed by atoms with van der Waals surface area (Å²) in [7, 11) is 0. The van der Waals surface area contributed by atoms with Crippen LogP contribution in [0.25, 0.3) is 0 Å². The van der Waals surface area contributed by atoms with E-state index >= 15 is 0 Å². The summed E-state index contributed by atoms with van der Waals surface area (Å²) in [4.78, 5) is 20.8. The number of hydrogen-bond acceptors (Lipinski definition) is 7. The molecule has 0 saturated carbocycles. The molecule has 0 aliphatic heterocycles. The van der Waals surface area contributed by atoms with Crippen molar-refractivity contribution in [3.05, 3.63) is 58.7 Å². The second kappa shape index (κ2) is 24.3. The normalized spacial score (nSPS) is 10.6. The number of aryl methyl sites for hydroxylation is 2. The summed E-state index contributed by atoms with van der Waals surface area (Å²) >= 11 is 0. The van der Waals surface area contributed by atoms with Gasteiger partial charge in [0.05, 0.1) is 26.4 Å². The highest BCUT2D eigenvalue weighted by molar-refractivity contribution is 5.66. The zero-order valence-corrected chi connectivity index (χ0v) is 26.4. The Kier molecular flexibility index (Phi) is 22.5. The van der Waals surface area contributed by atoms with Gasteiger partial charge in [-0.25, -0.2) is 0 Å². The van der Waals surface area contributed by atoms with Crippen LogP contribution < -0.4 is 0 Å². The zero-order chi connectivity index (χ0) is 32.6. The fraction of sp³-hybridized carbons (Fsp3) is 0.588.